The smallest absolute Gasteiger partial charge is 0.508 e. The van der Waals surface area contributed by atoms with Crippen LogP contribution in [0.1, 0.15) is 151 Å². The molecule has 120 heavy (non-hydrogen) atoms. The van der Waals surface area contributed by atoms with Crippen LogP contribution in [0.25, 0.3) is 11.6 Å². The van der Waals surface area contributed by atoms with Gasteiger partial charge in [0.25, 0.3) is 11.9 Å². The van der Waals surface area contributed by atoms with Crippen molar-refractivity contribution in [3.8, 4) is 28.7 Å². The maximum atomic E-state index is 12.7. The first kappa shape index (κ1) is 119. The van der Waals surface area contributed by atoms with E-state index in [-0.39, 0.29) is 103 Å². The van der Waals surface area contributed by atoms with Crippen molar-refractivity contribution in [1.29, 1.82) is 0 Å². The van der Waals surface area contributed by atoms with E-state index in [9.17, 15) is 77.0 Å². The minimum atomic E-state index is -4.62. The van der Waals surface area contributed by atoms with E-state index < -0.39 is 83.3 Å². The molecule has 36 heteroatoms. The fourth-order valence-electron chi connectivity index (χ4n) is 8.93. The predicted molar refractivity (Wildman–Crippen MR) is 450 cm³/mol. The number of methoxy groups -OCH3 is 3. The van der Waals surface area contributed by atoms with Gasteiger partial charge in [-0.2, -0.15) is 39.5 Å². The summed E-state index contributed by atoms with van der Waals surface area (Å²) in [7, 11) is 4.69. The number of esters is 4. The van der Waals surface area contributed by atoms with Crippen molar-refractivity contribution < 1.29 is 160 Å². The Morgan fingerprint density at radius 1 is 0.425 bits per heavy atom. The number of aliphatic carboxylic acids is 2. The summed E-state index contributed by atoms with van der Waals surface area (Å²) in [5.74, 6) is -2.30. The number of carbonyl (C=O) groups excluding carboxylic acids is 4. The molecule has 0 aliphatic rings. The van der Waals surface area contributed by atoms with Crippen molar-refractivity contribution in [3.63, 3.8) is 0 Å². The molecule has 8 aromatic carbocycles. The van der Waals surface area contributed by atoms with Crippen LogP contribution in [0.2, 0.25) is 0 Å². The number of halogens is 16. The minimum absolute atomic E-state index is 0. The molecule has 0 heterocycles. The number of alkyl halides is 12. The number of carboxylic acids is 2. The molecule has 0 aromatic heterocycles. The molecule has 2 atom stereocenters. The minimum Gasteiger partial charge on any atom is -0.508 e. The van der Waals surface area contributed by atoms with Crippen LogP contribution < -0.4 is 18.9 Å². The number of carbonyl (C=O) groups is 6. The number of phenols is 1. The van der Waals surface area contributed by atoms with Gasteiger partial charge in [-0.3, -0.25) is 19.2 Å². The topological polar surface area (TPSA) is 257 Å². The number of rotatable bonds is 21. The summed E-state index contributed by atoms with van der Waals surface area (Å²) in [5, 5.41) is 31.8. The second-order valence-corrected chi connectivity index (χ2v) is 29.7. The molecular weight excluding hydrogens is 1960 g/mol. The first-order valence-electron chi connectivity index (χ1n) is 34.1. The number of benzene rings is 8. The standard InChI is InChI=1S/C19H19F3O3.C19H17F3O3.C18H17F3O3.C12H14O3.C7H4BrF3O.2C2H4O2.C2H6O.3CH4.BBr3.Pd/c2*1-3-25-18(23)12-17(14-6-10-16(24-2)11-7-14)13-4-8-15(9-5-13)19(20,21)22;1-2-24-17(23)11-16(13-5-9-15(22)10-6-13)12-3-7-14(8-4-12)18(19,20)21;1-3-15-12(13)9-6-10-4-7-11(14-2)8-5-10;8-5-1-3-6(4-2-5)12-7(9,10)11;2*1-2(3)4;1-2-3;;;;2-1(3)4;/h4-11,17H,3,12H2,1-2H3;4-12H,3H2,1-2H3;3-10,16,22H,2,11H2,1H3;4-9H,3H2,1-2H3;1-4H;2*1H3,(H,3,4);3H,2H2,1H3;3*1H4;;/b;;;9-6+;;;;;;;;;. The van der Waals surface area contributed by atoms with E-state index in [1.807, 2.05) is 24.3 Å². The largest absolute Gasteiger partial charge is 0.573 e. The second-order valence-electron chi connectivity index (χ2n) is 22.3. The number of aliphatic hydroxyl groups is 1. The maximum absolute atomic E-state index is 12.7. The van der Waals surface area contributed by atoms with Crippen molar-refractivity contribution in [2.75, 3.05) is 54.4 Å². The Kier molecular flexibility index (Phi) is 63.4. The van der Waals surface area contributed by atoms with Gasteiger partial charge in [0.1, 0.15) is 28.7 Å². The molecule has 2 unspecified atom stereocenters. The van der Waals surface area contributed by atoms with Crippen LogP contribution in [0.3, 0.4) is 0 Å². The molecular formula is C84H97BBr4F12O18Pd. The zero-order valence-corrected chi connectivity index (χ0v) is 72.2. The van der Waals surface area contributed by atoms with Crippen LogP contribution in [0.15, 0.2) is 211 Å². The van der Waals surface area contributed by atoms with Gasteiger partial charge in [0.2, 0.25) is 0 Å². The third-order valence-electron chi connectivity index (χ3n) is 13.8. The number of aromatic hydroxyl groups is 1. The quantitative estimate of drug-likeness (QED) is 0.0171. The van der Waals surface area contributed by atoms with Gasteiger partial charge in [-0.25, -0.2) is 9.59 Å². The van der Waals surface area contributed by atoms with Crippen molar-refractivity contribution in [2.24, 2.45) is 0 Å². The summed E-state index contributed by atoms with van der Waals surface area (Å²) in [6.07, 6.45) is -13.4. The van der Waals surface area contributed by atoms with Gasteiger partial charge < -0.3 is 58.3 Å². The van der Waals surface area contributed by atoms with Gasteiger partial charge >= 0.3 is 52.0 Å². The van der Waals surface area contributed by atoms with E-state index in [1.54, 1.807) is 116 Å². The van der Waals surface area contributed by atoms with Crippen molar-refractivity contribution in [3.05, 3.63) is 266 Å². The Labute approximate surface area is 738 Å². The summed E-state index contributed by atoms with van der Waals surface area (Å²) in [6, 6.07) is 47.2. The van der Waals surface area contributed by atoms with E-state index in [0.717, 1.165) is 67.1 Å². The molecule has 0 radical (unpaired) electrons. The van der Waals surface area contributed by atoms with E-state index in [2.05, 4.69) is 67.9 Å². The molecule has 0 saturated heterocycles. The molecule has 0 aliphatic carbocycles. The van der Waals surface area contributed by atoms with Crippen LogP contribution in [0.5, 0.6) is 28.7 Å². The first-order valence-corrected chi connectivity index (χ1v) is 37.6. The van der Waals surface area contributed by atoms with Crippen LogP contribution in [-0.2, 0) is 86.7 Å². The van der Waals surface area contributed by atoms with Gasteiger partial charge in [0, 0.05) is 69.3 Å². The molecule has 666 valence electrons. The van der Waals surface area contributed by atoms with Gasteiger partial charge in [-0.05, 0) is 194 Å². The molecule has 0 spiro atoms. The molecule has 0 fully saturated rings. The number of phenolic OH excluding ortho intramolecular Hbond substituents is 1. The Hall–Kier alpha value is -9.17. The third-order valence-corrected chi connectivity index (χ3v) is 14.3. The molecule has 18 nitrogen and oxygen atoms in total. The number of carboxylic acid groups (broad SMARTS) is 2. The van der Waals surface area contributed by atoms with Crippen LogP contribution in [-0.4, -0.2) is 120 Å². The zero-order chi connectivity index (χ0) is 88.4. The third kappa shape index (κ3) is 54.2. The normalized spacial score (nSPS) is 10.8. The van der Waals surface area contributed by atoms with Gasteiger partial charge in [0.15, 0.2) is 0 Å². The van der Waals surface area contributed by atoms with Crippen LogP contribution in [0, 0.1) is 0 Å². The van der Waals surface area contributed by atoms with E-state index in [1.165, 1.54) is 92.1 Å². The fraction of sp³-hybridized carbons (Fsp3) is 0.310. The Bertz CT molecular complexity index is 4180. The summed E-state index contributed by atoms with van der Waals surface area (Å²) < 4.78 is 189. The molecule has 0 saturated carbocycles. The van der Waals surface area contributed by atoms with E-state index >= 15 is 0 Å². The zero-order valence-electron chi connectivity index (χ0n) is 64.3. The van der Waals surface area contributed by atoms with Crippen molar-refractivity contribution in [2.45, 2.75) is 120 Å². The Balaban J connectivity index is -0.000000443. The van der Waals surface area contributed by atoms with Crippen molar-refractivity contribution in [1.82, 2.24) is 0 Å². The van der Waals surface area contributed by atoms with E-state index in [0.29, 0.717) is 56.0 Å². The average Bonchev–Trinajstić information content (AvgIpc) is 0.827. The predicted octanol–water partition coefficient (Wildman–Crippen LogP) is 23.9. The van der Waals surface area contributed by atoms with Crippen LogP contribution >= 0.6 is 63.2 Å². The number of hydrogen-bond acceptors (Lipinski definition) is 16. The molecule has 4 N–H and O–H groups in total. The van der Waals surface area contributed by atoms with Gasteiger partial charge in [0.05, 0.1) is 77.3 Å². The number of hydrogen-bond donors (Lipinski definition) is 4. The summed E-state index contributed by atoms with van der Waals surface area (Å²) >= 11 is 12.4. The van der Waals surface area contributed by atoms with Gasteiger partial charge in [-0.1, -0.05) is 123 Å². The van der Waals surface area contributed by atoms with Crippen molar-refractivity contribution >= 4 is 114 Å². The summed E-state index contributed by atoms with van der Waals surface area (Å²) in [4.78, 5) is 64.6. The molecule has 0 amide bonds. The Morgan fingerprint density at radius 2 is 0.683 bits per heavy atom. The number of aliphatic hydroxyl groups excluding tert-OH is 1. The Morgan fingerprint density at radius 3 is 0.975 bits per heavy atom. The van der Waals surface area contributed by atoms with Crippen LogP contribution in [0.4, 0.5) is 52.7 Å². The van der Waals surface area contributed by atoms with Gasteiger partial charge in [-0.15, -0.1) is 60.4 Å². The maximum Gasteiger partial charge on any atom is 0.573 e. The molecule has 8 rings (SSSR count). The number of ether oxygens (including phenoxy) is 8. The molecule has 8 aromatic rings. The fourth-order valence-corrected chi connectivity index (χ4v) is 9.20. The SMILES string of the molecule is BrB(Br)Br.C.C.C.CC(=O)O.CC(=O)O.CCO.CCOC(=O)/C=C/c1ccc(OC)cc1.CCOC(=O)C=C(c1ccc(OC)cc1)c1ccc(C(F)(F)F)cc1.CCOC(=O)CC(c1ccc(O)cc1)c1ccc(C(F)(F)F)cc1.CCOC(=O)CC(c1ccc(OC)cc1)c1ccc(C(F)(F)F)cc1.FC(F)(F)Oc1ccc(Br)cc1.[Pd]. The molecule has 0 bridgehead atoms. The molecule has 0 aliphatic heterocycles. The second kappa shape index (κ2) is 63.8. The summed E-state index contributed by atoms with van der Waals surface area (Å²) in [6.45, 7) is 12.0. The first-order chi connectivity index (χ1) is 54.3. The summed E-state index contributed by atoms with van der Waals surface area (Å²) in [5.41, 5.74) is 3.02. The monoisotopic (exact) mass is 2050 g/mol. The van der Waals surface area contributed by atoms with E-state index in [4.69, 9.17) is 58.1 Å². The average molecular weight is 2060 g/mol.